The van der Waals surface area contributed by atoms with Crippen LogP contribution in [-0.4, -0.2) is 100 Å². The maximum atomic E-state index is 12.6. The Morgan fingerprint density at radius 2 is 1.90 bits per heavy atom. The monoisotopic (exact) mass is 534 g/mol. The molecule has 0 aromatic carbocycles. The minimum absolute atomic E-state index is 0. The Morgan fingerprint density at radius 3 is 2.47 bits per heavy atom. The molecule has 168 valence electrons. The van der Waals surface area contributed by atoms with Crippen LogP contribution in [0, 0.1) is 10.1 Å². The number of nitro groups is 1. The van der Waals surface area contributed by atoms with E-state index < -0.39 is 4.92 Å². The summed E-state index contributed by atoms with van der Waals surface area (Å²) in [5, 5.41) is 18.0. The molecule has 2 fully saturated rings. The molecule has 3 rings (SSSR count). The molecule has 0 saturated carbocycles. The zero-order valence-electron chi connectivity index (χ0n) is 17.6. The second kappa shape index (κ2) is 11.4. The van der Waals surface area contributed by atoms with E-state index in [0.717, 1.165) is 58.1 Å². The lowest BCUT2D eigenvalue weighted by molar-refractivity contribution is -0.385. The Morgan fingerprint density at radius 1 is 1.23 bits per heavy atom. The van der Waals surface area contributed by atoms with Crippen LogP contribution in [0.15, 0.2) is 17.4 Å². The molecule has 1 unspecified atom stereocenters. The Labute approximate surface area is 193 Å². The van der Waals surface area contributed by atoms with Crippen LogP contribution in [0.1, 0.15) is 19.8 Å². The summed E-state index contributed by atoms with van der Waals surface area (Å²) in [4.78, 5) is 33.6. The van der Waals surface area contributed by atoms with Crippen molar-refractivity contribution < 1.29 is 9.72 Å². The number of rotatable bonds is 6. The minimum atomic E-state index is -0.454. The van der Waals surface area contributed by atoms with Gasteiger partial charge in [-0.15, -0.1) is 24.0 Å². The lowest BCUT2D eigenvalue weighted by Gasteiger charge is -2.39. The molecule has 2 aliphatic rings. The fourth-order valence-electron chi connectivity index (χ4n) is 3.86. The van der Waals surface area contributed by atoms with Gasteiger partial charge in [0.2, 0.25) is 5.91 Å². The maximum absolute atomic E-state index is 12.6. The van der Waals surface area contributed by atoms with Crippen molar-refractivity contribution in [3.63, 3.8) is 0 Å². The van der Waals surface area contributed by atoms with E-state index in [0.29, 0.717) is 13.1 Å². The van der Waals surface area contributed by atoms with Crippen molar-refractivity contribution in [2.24, 2.45) is 4.99 Å². The van der Waals surface area contributed by atoms with Crippen molar-refractivity contribution >= 4 is 41.5 Å². The average molecular weight is 534 g/mol. The van der Waals surface area contributed by atoms with Crippen LogP contribution in [0.5, 0.6) is 0 Å². The third-order valence-corrected chi connectivity index (χ3v) is 5.60. The molecule has 30 heavy (non-hydrogen) atoms. The summed E-state index contributed by atoms with van der Waals surface area (Å²) in [7, 11) is 1.74. The van der Waals surface area contributed by atoms with Crippen molar-refractivity contribution in [1.29, 1.82) is 0 Å². The highest BCUT2D eigenvalue weighted by Crippen LogP contribution is 2.14. The van der Waals surface area contributed by atoms with Crippen molar-refractivity contribution in [3.05, 3.63) is 22.5 Å². The van der Waals surface area contributed by atoms with Gasteiger partial charge in [-0.2, -0.15) is 5.10 Å². The van der Waals surface area contributed by atoms with Gasteiger partial charge < -0.3 is 15.1 Å². The standard InChI is InChI=1S/C18H30N8O3.HI/c1-15(17(27)23-6-3-4-7-23)22-9-11-24(12-10-22)18(19-2)20-5-8-25-14-16(13-21-25)26(28)29;/h13-15H,3-12H2,1-2H3,(H,19,20);1H. The third-order valence-electron chi connectivity index (χ3n) is 5.60. The van der Waals surface area contributed by atoms with Gasteiger partial charge in [0.1, 0.15) is 12.4 Å². The lowest BCUT2D eigenvalue weighted by atomic mass is 10.2. The summed E-state index contributed by atoms with van der Waals surface area (Å²) in [5.74, 6) is 1.04. The van der Waals surface area contributed by atoms with E-state index >= 15 is 0 Å². The van der Waals surface area contributed by atoms with Crippen molar-refractivity contribution in [1.82, 2.24) is 29.8 Å². The van der Waals surface area contributed by atoms with Crippen molar-refractivity contribution in [3.8, 4) is 0 Å². The van der Waals surface area contributed by atoms with E-state index in [4.69, 9.17) is 0 Å². The van der Waals surface area contributed by atoms with Crippen molar-refractivity contribution in [2.45, 2.75) is 32.4 Å². The molecule has 2 saturated heterocycles. The van der Waals surface area contributed by atoms with E-state index in [-0.39, 0.29) is 41.6 Å². The second-order valence-corrected chi connectivity index (χ2v) is 7.42. The molecule has 1 aromatic rings. The molecule has 12 heteroatoms. The number of amides is 1. The molecule has 1 atom stereocenters. The van der Waals surface area contributed by atoms with Crippen LogP contribution in [0.3, 0.4) is 0 Å². The van der Waals surface area contributed by atoms with Crippen LogP contribution in [0.2, 0.25) is 0 Å². The molecule has 0 radical (unpaired) electrons. The predicted molar refractivity (Wildman–Crippen MR) is 124 cm³/mol. The van der Waals surface area contributed by atoms with Crippen LogP contribution in [0.4, 0.5) is 5.69 Å². The zero-order chi connectivity index (χ0) is 20.8. The Kier molecular flexibility index (Phi) is 9.27. The number of halogens is 1. The van der Waals surface area contributed by atoms with Gasteiger partial charge in [-0.25, -0.2) is 0 Å². The molecule has 1 N–H and O–H groups in total. The quantitative estimate of drug-likeness (QED) is 0.187. The number of piperazine rings is 1. The number of hydrogen-bond donors (Lipinski definition) is 1. The first-order valence-electron chi connectivity index (χ1n) is 10.1. The number of carbonyl (C=O) groups excluding carboxylic acids is 1. The van der Waals surface area contributed by atoms with Crippen LogP contribution >= 0.6 is 24.0 Å². The van der Waals surface area contributed by atoms with Crippen LogP contribution in [0.25, 0.3) is 0 Å². The molecular formula is C18H31IN8O3. The molecule has 1 aromatic heterocycles. The topological polar surface area (TPSA) is 112 Å². The maximum Gasteiger partial charge on any atom is 0.306 e. The number of guanidine groups is 1. The number of aromatic nitrogens is 2. The molecular weight excluding hydrogens is 503 g/mol. The molecule has 2 aliphatic heterocycles. The molecule has 0 spiro atoms. The summed E-state index contributed by atoms with van der Waals surface area (Å²) >= 11 is 0. The molecule has 3 heterocycles. The normalized spacial score (nSPS) is 18.8. The Balaban J connectivity index is 0.00000320. The van der Waals surface area contributed by atoms with E-state index in [2.05, 4.69) is 25.2 Å². The second-order valence-electron chi connectivity index (χ2n) is 7.42. The summed E-state index contributed by atoms with van der Waals surface area (Å²) in [6.45, 7) is 8.07. The number of carbonyl (C=O) groups is 1. The van der Waals surface area contributed by atoms with Crippen LogP contribution < -0.4 is 5.32 Å². The summed E-state index contributed by atoms with van der Waals surface area (Å²) < 4.78 is 1.54. The van der Waals surface area contributed by atoms with E-state index in [1.165, 1.54) is 12.4 Å². The smallest absolute Gasteiger partial charge is 0.306 e. The van der Waals surface area contributed by atoms with E-state index in [9.17, 15) is 14.9 Å². The predicted octanol–water partition coefficient (Wildman–Crippen LogP) is 0.613. The summed E-state index contributed by atoms with van der Waals surface area (Å²) in [6.07, 6.45) is 4.89. The molecule has 0 bridgehead atoms. The molecule has 1 amide bonds. The van der Waals surface area contributed by atoms with Crippen molar-refractivity contribution in [2.75, 3.05) is 52.9 Å². The first-order valence-corrected chi connectivity index (χ1v) is 10.1. The summed E-state index contributed by atoms with van der Waals surface area (Å²) in [6, 6.07) is -0.0826. The number of nitrogens with zero attached hydrogens (tertiary/aromatic N) is 7. The first kappa shape index (κ1) is 24.3. The van der Waals surface area contributed by atoms with Gasteiger partial charge in [-0.05, 0) is 19.8 Å². The minimum Gasteiger partial charge on any atom is -0.354 e. The van der Waals surface area contributed by atoms with E-state index in [1.54, 1.807) is 11.7 Å². The molecule has 11 nitrogen and oxygen atoms in total. The largest absolute Gasteiger partial charge is 0.354 e. The van der Waals surface area contributed by atoms with Gasteiger partial charge in [-0.1, -0.05) is 0 Å². The fraction of sp³-hybridized carbons (Fsp3) is 0.722. The van der Waals surface area contributed by atoms with Gasteiger partial charge in [0.15, 0.2) is 5.96 Å². The van der Waals surface area contributed by atoms with Gasteiger partial charge in [0, 0.05) is 52.9 Å². The SMILES string of the molecule is CN=C(NCCn1cc([N+](=O)[O-])cn1)N1CCN(C(C)C(=O)N2CCCC2)CC1.I. The number of hydrogen-bond acceptors (Lipinski definition) is 6. The number of aliphatic imine (C=N–C) groups is 1. The number of nitrogens with one attached hydrogen (secondary N) is 1. The van der Waals surface area contributed by atoms with E-state index in [1.807, 2.05) is 11.8 Å². The Bertz CT molecular complexity index is 742. The summed E-state index contributed by atoms with van der Waals surface area (Å²) in [5.41, 5.74) is -0.0110. The van der Waals surface area contributed by atoms with Gasteiger partial charge >= 0.3 is 5.69 Å². The Hall–Kier alpha value is -1.96. The van der Waals surface area contributed by atoms with Crippen LogP contribution in [-0.2, 0) is 11.3 Å². The van der Waals surface area contributed by atoms with Gasteiger partial charge in [0.05, 0.1) is 17.5 Å². The number of likely N-dealkylation sites (tertiary alicyclic amines) is 1. The lowest BCUT2D eigenvalue weighted by Crippen LogP contribution is -2.57. The highest BCUT2D eigenvalue weighted by Gasteiger charge is 2.30. The third kappa shape index (κ3) is 6.03. The van der Waals surface area contributed by atoms with Gasteiger partial charge in [-0.3, -0.25) is 29.5 Å². The van der Waals surface area contributed by atoms with Gasteiger partial charge in [0.25, 0.3) is 0 Å². The highest BCUT2D eigenvalue weighted by molar-refractivity contribution is 14.0. The average Bonchev–Trinajstić information content (AvgIpc) is 3.42. The first-order chi connectivity index (χ1) is 14.0. The fourth-order valence-corrected chi connectivity index (χ4v) is 3.86. The highest BCUT2D eigenvalue weighted by atomic mass is 127. The zero-order valence-corrected chi connectivity index (χ0v) is 19.9. The molecule has 0 aliphatic carbocycles.